The minimum Gasteiger partial charge on any atom is -0.493 e. The molecule has 32 heavy (non-hydrogen) atoms. The molecule has 1 aliphatic carbocycles. The Morgan fingerprint density at radius 1 is 0.969 bits per heavy atom. The zero-order valence-corrected chi connectivity index (χ0v) is 17.7. The molecule has 0 aromatic heterocycles. The van der Waals surface area contributed by atoms with Crippen molar-refractivity contribution in [2.24, 2.45) is 0 Å². The third-order valence-corrected chi connectivity index (χ3v) is 5.93. The Labute approximate surface area is 183 Å². The van der Waals surface area contributed by atoms with Crippen molar-refractivity contribution in [3.05, 3.63) is 64.9 Å². The van der Waals surface area contributed by atoms with Crippen LogP contribution < -0.4 is 14.4 Å². The molecule has 2 aromatic carbocycles. The molecule has 2 aliphatic rings. The molecule has 0 unspecified atom stereocenters. The molecule has 0 N–H and O–H groups in total. The van der Waals surface area contributed by atoms with E-state index in [2.05, 4.69) is 0 Å². The van der Waals surface area contributed by atoms with Crippen LogP contribution >= 0.6 is 0 Å². The van der Waals surface area contributed by atoms with E-state index in [9.17, 15) is 22.8 Å². The lowest BCUT2D eigenvalue weighted by molar-refractivity contribution is -0.137. The lowest BCUT2D eigenvalue weighted by atomic mass is 9.76. The Balaban J connectivity index is 1.93. The van der Waals surface area contributed by atoms with Crippen molar-refractivity contribution in [1.29, 1.82) is 0 Å². The predicted molar refractivity (Wildman–Crippen MR) is 112 cm³/mol. The fourth-order valence-electron chi connectivity index (χ4n) is 4.63. The summed E-state index contributed by atoms with van der Waals surface area (Å²) in [6.45, 7) is 0. The van der Waals surface area contributed by atoms with E-state index in [1.165, 1.54) is 32.4 Å². The van der Waals surface area contributed by atoms with Crippen LogP contribution in [0.5, 0.6) is 11.5 Å². The van der Waals surface area contributed by atoms with Crippen molar-refractivity contribution < 1.29 is 32.2 Å². The monoisotopic (exact) mass is 445 g/mol. The van der Waals surface area contributed by atoms with Gasteiger partial charge in [0, 0.05) is 35.6 Å². The molecule has 0 fully saturated rings. The molecular weight excluding hydrogens is 423 g/mol. The van der Waals surface area contributed by atoms with E-state index in [4.69, 9.17) is 9.47 Å². The van der Waals surface area contributed by atoms with E-state index < -0.39 is 23.6 Å². The van der Waals surface area contributed by atoms with Crippen LogP contribution in [0, 0.1) is 0 Å². The largest absolute Gasteiger partial charge is 0.493 e. The van der Waals surface area contributed by atoms with Gasteiger partial charge in [-0.25, -0.2) is 0 Å². The summed E-state index contributed by atoms with van der Waals surface area (Å²) in [5, 5.41) is 0. The van der Waals surface area contributed by atoms with Crippen molar-refractivity contribution in [1.82, 2.24) is 0 Å². The minimum absolute atomic E-state index is 0.152. The predicted octanol–water partition coefficient (Wildman–Crippen LogP) is 5.25. The molecule has 1 atom stereocenters. The van der Waals surface area contributed by atoms with Crippen LogP contribution in [0.25, 0.3) is 0 Å². The second-order valence-electron chi connectivity index (χ2n) is 7.72. The number of hydrogen-bond donors (Lipinski definition) is 0. The van der Waals surface area contributed by atoms with Gasteiger partial charge in [-0.3, -0.25) is 14.5 Å². The molecule has 168 valence electrons. The highest BCUT2D eigenvalue weighted by Gasteiger charge is 2.43. The Morgan fingerprint density at radius 3 is 2.41 bits per heavy atom. The third kappa shape index (κ3) is 3.63. The van der Waals surface area contributed by atoms with Gasteiger partial charge in [-0.1, -0.05) is 24.3 Å². The summed E-state index contributed by atoms with van der Waals surface area (Å²) in [4.78, 5) is 27.5. The van der Waals surface area contributed by atoms with Crippen molar-refractivity contribution in [3.63, 3.8) is 0 Å². The number of ketones is 1. The van der Waals surface area contributed by atoms with Gasteiger partial charge in [-0.2, -0.15) is 13.2 Å². The van der Waals surface area contributed by atoms with Gasteiger partial charge in [0.1, 0.15) is 0 Å². The van der Waals surface area contributed by atoms with Gasteiger partial charge in [0.15, 0.2) is 17.3 Å². The van der Waals surface area contributed by atoms with Crippen LogP contribution in [0.15, 0.2) is 53.7 Å². The third-order valence-electron chi connectivity index (χ3n) is 5.93. The molecule has 5 nitrogen and oxygen atoms in total. The van der Waals surface area contributed by atoms with Crippen molar-refractivity contribution >= 4 is 17.4 Å². The smallest absolute Gasteiger partial charge is 0.418 e. The number of Topliss-reactive ketones (excluding diaryl/α,β-unsaturated/α-hetero) is 1. The Bertz CT molecular complexity index is 1110. The fourth-order valence-corrected chi connectivity index (χ4v) is 4.63. The van der Waals surface area contributed by atoms with E-state index in [1.807, 2.05) is 0 Å². The van der Waals surface area contributed by atoms with Crippen LogP contribution in [-0.2, 0) is 15.8 Å². The number of rotatable bonds is 4. The number of halogens is 3. The number of amides is 1. The summed E-state index contributed by atoms with van der Waals surface area (Å²) in [5.74, 6) is -0.423. The quantitative estimate of drug-likeness (QED) is 0.645. The summed E-state index contributed by atoms with van der Waals surface area (Å²) < 4.78 is 52.0. The summed E-state index contributed by atoms with van der Waals surface area (Å²) >= 11 is 0. The number of nitrogens with zero attached hydrogens (tertiary/aromatic N) is 1. The molecule has 1 heterocycles. The molecule has 0 saturated carbocycles. The number of alkyl halides is 3. The highest BCUT2D eigenvalue weighted by molar-refractivity contribution is 6.08. The number of anilines is 1. The number of carbonyl (C=O) groups is 2. The summed E-state index contributed by atoms with van der Waals surface area (Å²) in [6.07, 6.45) is -3.70. The van der Waals surface area contributed by atoms with Gasteiger partial charge in [0.25, 0.3) is 0 Å². The maximum absolute atomic E-state index is 13.7. The summed E-state index contributed by atoms with van der Waals surface area (Å²) in [6, 6.07) is 10.2. The van der Waals surface area contributed by atoms with Gasteiger partial charge >= 0.3 is 6.18 Å². The average Bonchev–Trinajstić information content (AvgIpc) is 2.77. The molecule has 0 bridgehead atoms. The SMILES string of the molecule is COc1cccc([C@H]2CC(=O)N(c3ccccc3C(F)(F)F)C3=C2C(=O)CCC3)c1OC. The molecule has 4 rings (SSSR count). The summed E-state index contributed by atoms with van der Waals surface area (Å²) in [5.41, 5.74) is 0.161. The number of allylic oxidation sites excluding steroid dienone is 2. The Morgan fingerprint density at radius 2 is 1.72 bits per heavy atom. The molecule has 1 amide bonds. The molecule has 0 saturated heterocycles. The first-order chi connectivity index (χ1) is 15.3. The number of methoxy groups -OCH3 is 2. The first-order valence-electron chi connectivity index (χ1n) is 10.2. The van der Waals surface area contributed by atoms with Gasteiger partial charge in [0.05, 0.1) is 25.5 Å². The highest BCUT2D eigenvalue weighted by Crippen LogP contribution is 2.49. The highest BCUT2D eigenvalue weighted by atomic mass is 19.4. The fraction of sp³-hybridized carbons (Fsp3) is 0.333. The van der Waals surface area contributed by atoms with Crippen LogP contribution in [-0.4, -0.2) is 25.9 Å². The zero-order chi connectivity index (χ0) is 23.0. The normalized spacial score (nSPS) is 19.2. The van der Waals surface area contributed by atoms with E-state index >= 15 is 0 Å². The van der Waals surface area contributed by atoms with E-state index in [1.54, 1.807) is 18.2 Å². The van der Waals surface area contributed by atoms with Crippen molar-refractivity contribution in [2.75, 3.05) is 19.1 Å². The van der Waals surface area contributed by atoms with Crippen LogP contribution in [0.4, 0.5) is 18.9 Å². The standard InChI is InChI=1S/C24H22F3NO4/c1-31-20-12-5-7-14(23(20)32-2)15-13-21(30)28(18-10-6-11-19(29)22(15)18)17-9-4-3-8-16(17)24(25,26)27/h3-5,7-9,12,15H,6,10-11,13H2,1-2H3/t15-/m1/s1. The number of ether oxygens (including phenoxy) is 2. The second-order valence-corrected chi connectivity index (χ2v) is 7.72. The van der Waals surface area contributed by atoms with Gasteiger partial charge < -0.3 is 9.47 Å². The van der Waals surface area contributed by atoms with Crippen LogP contribution in [0.3, 0.4) is 0 Å². The zero-order valence-electron chi connectivity index (χ0n) is 17.7. The number of carbonyl (C=O) groups excluding carboxylic acids is 2. The van der Waals surface area contributed by atoms with Crippen molar-refractivity contribution in [3.8, 4) is 11.5 Å². The lowest BCUT2D eigenvalue weighted by Gasteiger charge is -2.39. The van der Waals surface area contributed by atoms with Crippen molar-refractivity contribution in [2.45, 2.75) is 37.8 Å². The van der Waals surface area contributed by atoms with Gasteiger partial charge in [0.2, 0.25) is 5.91 Å². The number of para-hydroxylation sites is 2. The summed E-state index contributed by atoms with van der Waals surface area (Å²) in [7, 11) is 2.95. The maximum Gasteiger partial charge on any atom is 0.418 e. The Hall–Kier alpha value is -3.29. The van der Waals surface area contributed by atoms with Gasteiger partial charge in [-0.15, -0.1) is 0 Å². The van der Waals surface area contributed by atoms with E-state index in [0.29, 0.717) is 41.2 Å². The molecule has 1 aliphatic heterocycles. The topological polar surface area (TPSA) is 55.8 Å². The Kier molecular flexibility index (Phi) is 5.71. The molecule has 2 aromatic rings. The van der Waals surface area contributed by atoms with Gasteiger partial charge in [-0.05, 0) is 31.0 Å². The van der Waals surface area contributed by atoms with Crippen LogP contribution in [0.2, 0.25) is 0 Å². The van der Waals surface area contributed by atoms with E-state index in [0.717, 1.165) is 11.0 Å². The molecule has 0 spiro atoms. The van der Waals surface area contributed by atoms with E-state index in [-0.39, 0.29) is 24.3 Å². The molecule has 8 heteroatoms. The minimum atomic E-state index is -4.64. The maximum atomic E-state index is 13.7. The molecule has 0 radical (unpaired) electrons. The lowest BCUT2D eigenvalue weighted by Crippen LogP contribution is -2.41. The number of benzene rings is 2. The average molecular weight is 445 g/mol. The first-order valence-corrected chi connectivity index (χ1v) is 10.2. The second kappa shape index (κ2) is 8.33. The number of hydrogen-bond acceptors (Lipinski definition) is 4. The first kappa shape index (κ1) is 21.9. The molecular formula is C24H22F3NO4. The van der Waals surface area contributed by atoms with Crippen LogP contribution in [0.1, 0.15) is 42.7 Å².